The van der Waals surface area contributed by atoms with E-state index in [-0.39, 0.29) is 5.69 Å². The highest BCUT2D eigenvalue weighted by Crippen LogP contribution is 1.97. The van der Waals surface area contributed by atoms with Crippen molar-refractivity contribution in [2.75, 3.05) is 0 Å². The number of nitrogens with two attached hydrogens (primary N) is 1. The lowest BCUT2D eigenvalue weighted by Gasteiger charge is -1.94. The standard InChI is InChI=1S/C6H7N3OS/c7-6(10)5-2-8-4(3-11)1-9-5/h1-2,11H,3H2,(H2,7,10). The molecule has 5 heteroatoms. The molecule has 1 rings (SSSR count). The van der Waals surface area contributed by atoms with Crippen LogP contribution in [0.4, 0.5) is 0 Å². The molecule has 0 unspecified atom stereocenters. The zero-order valence-corrected chi connectivity index (χ0v) is 6.58. The number of amides is 1. The maximum Gasteiger partial charge on any atom is 0.268 e. The smallest absolute Gasteiger partial charge is 0.268 e. The Morgan fingerprint density at radius 1 is 1.55 bits per heavy atom. The van der Waals surface area contributed by atoms with E-state index in [1.165, 1.54) is 12.4 Å². The topological polar surface area (TPSA) is 68.9 Å². The summed E-state index contributed by atoms with van der Waals surface area (Å²) in [6.07, 6.45) is 2.82. The Morgan fingerprint density at radius 2 is 2.27 bits per heavy atom. The molecule has 0 saturated heterocycles. The highest BCUT2D eigenvalue weighted by Gasteiger charge is 2.00. The van der Waals surface area contributed by atoms with Crippen molar-refractivity contribution >= 4 is 18.5 Å². The fourth-order valence-electron chi connectivity index (χ4n) is 0.564. The molecule has 0 aliphatic heterocycles. The largest absolute Gasteiger partial charge is 0.364 e. The van der Waals surface area contributed by atoms with Gasteiger partial charge in [0.1, 0.15) is 5.69 Å². The molecule has 1 amide bonds. The van der Waals surface area contributed by atoms with Crippen LogP contribution in [0.5, 0.6) is 0 Å². The first-order valence-electron chi connectivity index (χ1n) is 2.95. The normalized spacial score (nSPS) is 9.55. The summed E-state index contributed by atoms with van der Waals surface area (Å²) in [7, 11) is 0. The van der Waals surface area contributed by atoms with Gasteiger partial charge in [-0.1, -0.05) is 0 Å². The van der Waals surface area contributed by atoms with Crippen molar-refractivity contribution in [2.24, 2.45) is 5.73 Å². The average Bonchev–Trinajstić information content (AvgIpc) is 2.05. The van der Waals surface area contributed by atoms with Crippen LogP contribution in [-0.2, 0) is 5.75 Å². The third-order valence-corrected chi connectivity index (χ3v) is 1.44. The third-order valence-electron chi connectivity index (χ3n) is 1.12. The van der Waals surface area contributed by atoms with Crippen LogP contribution in [0.3, 0.4) is 0 Å². The predicted octanol–water partition coefficient (Wildman–Crippen LogP) is 0.00530. The second-order valence-corrected chi connectivity index (χ2v) is 2.23. The summed E-state index contributed by atoms with van der Waals surface area (Å²) in [4.78, 5) is 18.1. The lowest BCUT2D eigenvalue weighted by molar-refractivity contribution is 0.0995. The van der Waals surface area contributed by atoms with Crippen molar-refractivity contribution in [1.82, 2.24) is 9.97 Å². The molecule has 0 aliphatic carbocycles. The molecule has 0 spiro atoms. The van der Waals surface area contributed by atoms with Gasteiger partial charge < -0.3 is 5.73 Å². The zero-order chi connectivity index (χ0) is 8.27. The molecule has 0 atom stereocenters. The van der Waals surface area contributed by atoms with E-state index in [2.05, 4.69) is 22.6 Å². The molecule has 2 N–H and O–H groups in total. The van der Waals surface area contributed by atoms with Crippen molar-refractivity contribution in [2.45, 2.75) is 5.75 Å². The van der Waals surface area contributed by atoms with E-state index in [1.807, 2.05) is 0 Å². The highest BCUT2D eigenvalue weighted by molar-refractivity contribution is 7.79. The van der Waals surface area contributed by atoms with Crippen LogP contribution in [0.1, 0.15) is 16.2 Å². The van der Waals surface area contributed by atoms with E-state index in [0.29, 0.717) is 5.75 Å². The van der Waals surface area contributed by atoms with Crippen molar-refractivity contribution in [3.63, 3.8) is 0 Å². The number of aromatic nitrogens is 2. The van der Waals surface area contributed by atoms with Gasteiger partial charge in [-0.3, -0.25) is 9.78 Å². The third kappa shape index (κ3) is 1.91. The second kappa shape index (κ2) is 3.34. The Balaban J connectivity index is 2.91. The van der Waals surface area contributed by atoms with Crippen LogP contribution in [0.25, 0.3) is 0 Å². The summed E-state index contributed by atoms with van der Waals surface area (Å²) in [5, 5.41) is 0. The number of primary amides is 1. The van der Waals surface area contributed by atoms with Gasteiger partial charge >= 0.3 is 0 Å². The molecule has 1 aromatic rings. The summed E-state index contributed by atoms with van der Waals surface area (Å²) >= 11 is 3.98. The van der Waals surface area contributed by atoms with E-state index in [9.17, 15) is 4.79 Å². The Morgan fingerprint density at radius 3 is 2.64 bits per heavy atom. The van der Waals surface area contributed by atoms with Crippen LogP contribution in [0, 0.1) is 0 Å². The van der Waals surface area contributed by atoms with Crippen LogP contribution in [0.15, 0.2) is 12.4 Å². The van der Waals surface area contributed by atoms with E-state index in [4.69, 9.17) is 5.73 Å². The first-order valence-corrected chi connectivity index (χ1v) is 3.59. The molecule has 0 saturated carbocycles. The van der Waals surface area contributed by atoms with Crippen molar-refractivity contribution in [1.29, 1.82) is 0 Å². The van der Waals surface area contributed by atoms with Crippen LogP contribution in [-0.4, -0.2) is 15.9 Å². The van der Waals surface area contributed by atoms with E-state index < -0.39 is 5.91 Å². The van der Waals surface area contributed by atoms with Crippen molar-refractivity contribution in [3.05, 3.63) is 23.8 Å². The lowest BCUT2D eigenvalue weighted by Crippen LogP contribution is -2.13. The van der Waals surface area contributed by atoms with Crippen LogP contribution >= 0.6 is 12.6 Å². The van der Waals surface area contributed by atoms with Gasteiger partial charge in [0.2, 0.25) is 0 Å². The van der Waals surface area contributed by atoms with Crippen LogP contribution < -0.4 is 5.73 Å². The van der Waals surface area contributed by atoms with Crippen molar-refractivity contribution < 1.29 is 4.79 Å². The summed E-state index contributed by atoms with van der Waals surface area (Å²) in [6, 6.07) is 0. The van der Waals surface area contributed by atoms with Gasteiger partial charge in [-0.15, -0.1) is 0 Å². The number of carbonyl (C=O) groups excluding carboxylic acids is 1. The zero-order valence-electron chi connectivity index (χ0n) is 5.69. The molecule has 4 nitrogen and oxygen atoms in total. The van der Waals surface area contributed by atoms with Gasteiger partial charge in [-0.05, 0) is 0 Å². The fourth-order valence-corrected chi connectivity index (χ4v) is 0.727. The second-order valence-electron chi connectivity index (χ2n) is 1.92. The summed E-state index contributed by atoms with van der Waals surface area (Å²) in [6.45, 7) is 0. The molecule has 0 bridgehead atoms. The molecular weight excluding hydrogens is 162 g/mol. The number of carbonyl (C=O) groups is 1. The van der Waals surface area contributed by atoms with Crippen LogP contribution in [0.2, 0.25) is 0 Å². The SMILES string of the molecule is NC(=O)c1cnc(CS)cn1. The molecule has 0 radical (unpaired) electrons. The van der Waals surface area contributed by atoms with E-state index in [1.54, 1.807) is 0 Å². The predicted molar refractivity (Wildman–Crippen MR) is 43.2 cm³/mol. The maximum absolute atomic E-state index is 10.5. The van der Waals surface area contributed by atoms with Gasteiger partial charge in [-0.25, -0.2) is 4.98 Å². The molecule has 0 aromatic carbocycles. The minimum absolute atomic E-state index is 0.176. The number of hydrogen-bond acceptors (Lipinski definition) is 4. The molecule has 58 valence electrons. The first-order chi connectivity index (χ1) is 5.24. The number of rotatable bonds is 2. The minimum atomic E-state index is -0.566. The van der Waals surface area contributed by atoms with Gasteiger partial charge in [0.15, 0.2) is 0 Å². The minimum Gasteiger partial charge on any atom is -0.364 e. The Kier molecular flexibility index (Phi) is 2.43. The average molecular weight is 169 g/mol. The van der Waals surface area contributed by atoms with Gasteiger partial charge in [0.05, 0.1) is 18.1 Å². The number of thiol groups is 1. The highest BCUT2D eigenvalue weighted by atomic mass is 32.1. The molecule has 1 aromatic heterocycles. The maximum atomic E-state index is 10.5. The summed E-state index contributed by atoms with van der Waals surface area (Å²) in [5.74, 6) is -0.0605. The molecule has 0 aliphatic rings. The van der Waals surface area contributed by atoms with Gasteiger partial charge in [0, 0.05) is 5.75 Å². The van der Waals surface area contributed by atoms with Crippen molar-refractivity contribution in [3.8, 4) is 0 Å². The summed E-state index contributed by atoms with van der Waals surface area (Å²) < 4.78 is 0. The summed E-state index contributed by atoms with van der Waals surface area (Å²) in [5.41, 5.74) is 5.84. The van der Waals surface area contributed by atoms with Gasteiger partial charge in [-0.2, -0.15) is 12.6 Å². The molecule has 11 heavy (non-hydrogen) atoms. The van der Waals surface area contributed by atoms with E-state index in [0.717, 1.165) is 5.69 Å². The first kappa shape index (κ1) is 8.00. The van der Waals surface area contributed by atoms with E-state index >= 15 is 0 Å². The molecular formula is C6H7N3OS. The Bertz CT molecular complexity index is 259. The quantitative estimate of drug-likeness (QED) is 0.612. The Labute approximate surface area is 69.3 Å². The molecule has 0 fully saturated rings. The number of hydrogen-bond donors (Lipinski definition) is 2. The van der Waals surface area contributed by atoms with Gasteiger partial charge in [0.25, 0.3) is 5.91 Å². The fraction of sp³-hybridized carbons (Fsp3) is 0.167. The Hall–Kier alpha value is -1.10. The monoisotopic (exact) mass is 169 g/mol. The number of nitrogens with zero attached hydrogens (tertiary/aromatic N) is 2. The molecule has 1 heterocycles. The lowest BCUT2D eigenvalue weighted by atomic mass is 10.4.